The average molecular weight is 282 g/mol. The summed E-state index contributed by atoms with van der Waals surface area (Å²) >= 11 is 1.60. The first-order chi connectivity index (χ1) is 9.78. The first kappa shape index (κ1) is 11.2. The Kier molecular flexibility index (Phi) is 2.37. The summed E-state index contributed by atoms with van der Waals surface area (Å²) in [5, 5.41) is 3.16. The van der Waals surface area contributed by atoms with Gasteiger partial charge < -0.3 is 15.5 Å². The van der Waals surface area contributed by atoms with Crippen LogP contribution in [-0.2, 0) is 0 Å². The Morgan fingerprint density at radius 3 is 2.95 bits per heavy atom. The van der Waals surface area contributed by atoms with Crippen LogP contribution in [0.5, 0.6) is 0 Å². The normalized spacial score (nSPS) is 11.2. The van der Waals surface area contributed by atoms with Crippen LogP contribution in [0.25, 0.3) is 21.3 Å². The summed E-state index contributed by atoms with van der Waals surface area (Å²) < 4.78 is 6.75. The molecule has 3 N–H and O–H groups in total. The van der Waals surface area contributed by atoms with Crippen LogP contribution in [0.4, 0.5) is 17.4 Å². The number of hydrogen-bond donors (Lipinski definition) is 2. The van der Waals surface area contributed by atoms with Crippen molar-refractivity contribution in [3.8, 4) is 0 Å². The van der Waals surface area contributed by atoms with Gasteiger partial charge in [0.15, 0.2) is 5.58 Å². The lowest BCUT2D eigenvalue weighted by Crippen LogP contribution is -1.89. The number of oxazole rings is 1. The Morgan fingerprint density at radius 1 is 1.10 bits per heavy atom. The van der Waals surface area contributed by atoms with E-state index in [4.69, 9.17) is 10.2 Å². The number of benzene rings is 2. The van der Waals surface area contributed by atoms with Gasteiger partial charge in [0.05, 0.1) is 15.7 Å². The highest BCUT2D eigenvalue weighted by Gasteiger charge is 2.07. The number of nitrogen functional groups attached to an aromatic ring is 1. The van der Waals surface area contributed by atoms with Crippen molar-refractivity contribution in [2.24, 2.45) is 0 Å². The highest BCUT2D eigenvalue weighted by molar-refractivity contribution is 7.16. The minimum atomic E-state index is 0.453. The molecule has 0 radical (unpaired) electrons. The predicted octanol–water partition coefficient (Wildman–Crippen LogP) is 3.76. The van der Waals surface area contributed by atoms with Gasteiger partial charge in [-0.15, -0.1) is 11.3 Å². The largest absolute Gasteiger partial charge is 0.423 e. The number of hydrogen-bond acceptors (Lipinski definition) is 6. The molecule has 98 valence electrons. The van der Waals surface area contributed by atoms with Gasteiger partial charge in [-0.3, -0.25) is 0 Å². The van der Waals surface area contributed by atoms with Crippen molar-refractivity contribution in [1.82, 2.24) is 9.97 Å². The van der Waals surface area contributed by atoms with Gasteiger partial charge in [0.2, 0.25) is 0 Å². The number of nitrogens with zero attached hydrogens (tertiary/aromatic N) is 2. The molecule has 0 saturated heterocycles. The Balaban J connectivity index is 1.72. The number of thiazole rings is 1. The minimum Gasteiger partial charge on any atom is -0.423 e. The monoisotopic (exact) mass is 282 g/mol. The molecule has 0 amide bonds. The van der Waals surface area contributed by atoms with Crippen molar-refractivity contribution in [2.45, 2.75) is 0 Å². The van der Waals surface area contributed by atoms with Crippen LogP contribution < -0.4 is 11.1 Å². The molecular weight excluding hydrogens is 272 g/mol. The lowest BCUT2D eigenvalue weighted by Gasteiger charge is -2.00. The molecule has 5 nitrogen and oxygen atoms in total. The summed E-state index contributed by atoms with van der Waals surface area (Å²) in [7, 11) is 0. The van der Waals surface area contributed by atoms with Crippen molar-refractivity contribution in [2.75, 3.05) is 11.1 Å². The maximum atomic E-state index is 5.72. The van der Waals surface area contributed by atoms with E-state index in [1.165, 1.54) is 0 Å². The van der Waals surface area contributed by atoms with Gasteiger partial charge in [-0.25, -0.2) is 4.98 Å². The summed E-state index contributed by atoms with van der Waals surface area (Å²) in [5.41, 5.74) is 11.6. The van der Waals surface area contributed by atoms with Crippen molar-refractivity contribution in [3.05, 3.63) is 41.9 Å². The molecule has 0 aliphatic carbocycles. The predicted molar refractivity (Wildman–Crippen MR) is 81.3 cm³/mol. The molecule has 0 unspecified atom stereocenters. The Bertz CT molecular complexity index is 912. The van der Waals surface area contributed by atoms with Crippen LogP contribution in [0.3, 0.4) is 0 Å². The van der Waals surface area contributed by atoms with E-state index in [-0.39, 0.29) is 0 Å². The number of nitrogens with two attached hydrogens (primary N) is 1. The molecule has 20 heavy (non-hydrogen) atoms. The van der Waals surface area contributed by atoms with Gasteiger partial charge >= 0.3 is 0 Å². The van der Waals surface area contributed by atoms with Gasteiger partial charge in [0, 0.05) is 17.4 Å². The summed E-state index contributed by atoms with van der Waals surface area (Å²) in [6.45, 7) is 0. The molecule has 0 saturated carbocycles. The molecule has 4 aromatic rings. The summed E-state index contributed by atoms with van der Waals surface area (Å²) in [4.78, 5) is 8.62. The number of rotatable bonds is 2. The average Bonchev–Trinajstić information content (AvgIpc) is 3.03. The quantitative estimate of drug-likeness (QED) is 0.547. The van der Waals surface area contributed by atoms with Crippen LogP contribution >= 0.6 is 11.3 Å². The Labute approximate surface area is 118 Å². The fraction of sp³-hybridized carbons (Fsp3) is 0. The van der Waals surface area contributed by atoms with E-state index in [9.17, 15) is 0 Å². The number of fused-ring (bicyclic) bond motifs is 2. The zero-order valence-corrected chi connectivity index (χ0v) is 11.1. The first-order valence-corrected chi connectivity index (χ1v) is 6.92. The SMILES string of the molecule is Nc1ccc2nc(Nc3ccc4ncsc4c3)oc2c1. The molecular formula is C14H10N4OS. The van der Waals surface area contributed by atoms with E-state index in [0.29, 0.717) is 17.3 Å². The second-order valence-electron chi connectivity index (χ2n) is 4.41. The topological polar surface area (TPSA) is 77.0 Å². The third kappa shape index (κ3) is 1.86. The van der Waals surface area contributed by atoms with Crippen LogP contribution in [0.1, 0.15) is 0 Å². The molecule has 4 rings (SSSR count). The third-order valence-corrected chi connectivity index (χ3v) is 3.79. The standard InChI is InChI=1S/C14H10N4OS/c15-8-1-3-10-12(5-8)19-14(18-10)17-9-2-4-11-13(6-9)20-7-16-11/h1-7H,15H2,(H,17,18). The fourth-order valence-corrected chi connectivity index (χ4v) is 2.77. The zero-order chi connectivity index (χ0) is 13.5. The van der Waals surface area contributed by atoms with E-state index >= 15 is 0 Å². The van der Waals surface area contributed by atoms with Crippen molar-refractivity contribution in [1.29, 1.82) is 0 Å². The van der Waals surface area contributed by atoms with E-state index in [1.807, 2.05) is 29.8 Å². The minimum absolute atomic E-state index is 0.453. The summed E-state index contributed by atoms with van der Waals surface area (Å²) in [6, 6.07) is 11.8. The number of anilines is 3. The van der Waals surface area contributed by atoms with Crippen LogP contribution in [0.2, 0.25) is 0 Å². The second kappa shape index (κ2) is 4.21. The van der Waals surface area contributed by atoms with Gasteiger partial charge in [-0.2, -0.15) is 4.98 Å². The van der Waals surface area contributed by atoms with Crippen LogP contribution in [-0.4, -0.2) is 9.97 Å². The maximum absolute atomic E-state index is 5.72. The smallest absolute Gasteiger partial charge is 0.300 e. The maximum Gasteiger partial charge on any atom is 0.300 e. The number of aromatic nitrogens is 2. The highest BCUT2D eigenvalue weighted by Crippen LogP contribution is 2.26. The molecule has 0 bridgehead atoms. The van der Waals surface area contributed by atoms with Crippen LogP contribution in [0.15, 0.2) is 46.3 Å². The third-order valence-electron chi connectivity index (χ3n) is 3.00. The van der Waals surface area contributed by atoms with Gasteiger partial charge in [0.25, 0.3) is 6.01 Å². The van der Waals surface area contributed by atoms with E-state index in [0.717, 1.165) is 21.4 Å². The molecule has 2 aromatic heterocycles. The van der Waals surface area contributed by atoms with Gasteiger partial charge in [-0.1, -0.05) is 0 Å². The Hall–Kier alpha value is -2.60. The number of nitrogens with one attached hydrogen (secondary N) is 1. The van der Waals surface area contributed by atoms with Crippen molar-refractivity contribution >= 4 is 50.0 Å². The lowest BCUT2D eigenvalue weighted by molar-refractivity contribution is 0.623. The fourth-order valence-electron chi connectivity index (χ4n) is 2.05. The molecule has 0 spiro atoms. The summed E-state index contributed by atoms with van der Waals surface area (Å²) in [5.74, 6) is 0. The molecule has 6 heteroatoms. The molecule has 0 atom stereocenters. The van der Waals surface area contributed by atoms with E-state index < -0.39 is 0 Å². The second-order valence-corrected chi connectivity index (χ2v) is 5.29. The van der Waals surface area contributed by atoms with Crippen molar-refractivity contribution < 1.29 is 4.42 Å². The highest BCUT2D eigenvalue weighted by atomic mass is 32.1. The van der Waals surface area contributed by atoms with Gasteiger partial charge in [0.1, 0.15) is 5.52 Å². The molecule has 2 aromatic carbocycles. The van der Waals surface area contributed by atoms with E-state index in [2.05, 4.69) is 15.3 Å². The summed E-state index contributed by atoms with van der Waals surface area (Å²) in [6.07, 6.45) is 0. The molecule has 0 aliphatic heterocycles. The Morgan fingerprint density at radius 2 is 2.00 bits per heavy atom. The first-order valence-electron chi connectivity index (χ1n) is 6.04. The van der Waals surface area contributed by atoms with Gasteiger partial charge in [-0.05, 0) is 30.3 Å². The zero-order valence-electron chi connectivity index (χ0n) is 10.3. The van der Waals surface area contributed by atoms with Crippen molar-refractivity contribution in [3.63, 3.8) is 0 Å². The molecule has 0 fully saturated rings. The molecule has 2 heterocycles. The lowest BCUT2D eigenvalue weighted by atomic mass is 10.3. The van der Waals surface area contributed by atoms with Crippen LogP contribution in [0, 0.1) is 0 Å². The molecule has 0 aliphatic rings. The van der Waals surface area contributed by atoms with E-state index in [1.54, 1.807) is 23.5 Å².